The van der Waals surface area contributed by atoms with Crippen molar-refractivity contribution < 1.29 is 14.3 Å². The fourth-order valence-electron chi connectivity index (χ4n) is 2.35. The molecule has 1 N–H and O–H groups in total. The van der Waals surface area contributed by atoms with E-state index in [4.69, 9.17) is 11.6 Å². The average molecular weight is 363 g/mol. The molecule has 0 bridgehead atoms. The molecule has 25 heavy (non-hydrogen) atoms. The van der Waals surface area contributed by atoms with E-state index in [-0.39, 0.29) is 11.7 Å². The number of amides is 2. The van der Waals surface area contributed by atoms with Gasteiger partial charge in [-0.25, -0.2) is 4.79 Å². The van der Waals surface area contributed by atoms with Crippen molar-refractivity contribution in [3.8, 4) is 6.07 Å². The Balaban J connectivity index is 2.00. The first-order valence-electron chi connectivity index (χ1n) is 7.71. The molecule has 2 amide bonds. The van der Waals surface area contributed by atoms with Crippen LogP contribution in [0.1, 0.15) is 5.56 Å². The number of hydrogen-bond acceptors (Lipinski definition) is 5. The minimum Gasteiger partial charge on any atom is -0.453 e. The second-order valence-electron chi connectivity index (χ2n) is 5.57. The molecule has 7 nitrogen and oxygen atoms in total. The Labute approximate surface area is 151 Å². The van der Waals surface area contributed by atoms with Gasteiger partial charge in [0.05, 0.1) is 7.11 Å². The van der Waals surface area contributed by atoms with Crippen molar-refractivity contribution in [2.75, 3.05) is 38.6 Å². The van der Waals surface area contributed by atoms with Crippen LogP contribution in [-0.4, -0.2) is 55.1 Å². The number of benzene rings is 1. The zero-order chi connectivity index (χ0) is 18.4. The number of nitrogens with one attached hydrogen (secondary N) is 1. The summed E-state index contributed by atoms with van der Waals surface area (Å²) in [5, 5.41) is 12.5. The van der Waals surface area contributed by atoms with Crippen molar-refractivity contribution in [1.29, 1.82) is 5.26 Å². The summed E-state index contributed by atoms with van der Waals surface area (Å²) in [4.78, 5) is 27.1. The Morgan fingerprint density at radius 3 is 2.56 bits per heavy atom. The zero-order valence-corrected chi connectivity index (χ0v) is 14.8. The van der Waals surface area contributed by atoms with E-state index in [9.17, 15) is 14.9 Å². The normalized spacial score (nSPS) is 14.7. The van der Waals surface area contributed by atoms with Crippen LogP contribution in [-0.2, 0) is 9.53 Å². The number of nitriles is 1. The number of piperazine rings is 1. The fourth-order valence-corrected chi connectivity index (χ4v) is 2.53. The Morgan fingerprint density at radius 1 is 1.32 bits per heavy atom. The Morgan fingerprint density at radius 2 is 2.00 bits per heavy atom. The standard InChI is InChI=1S/C17H19ClN4O3/c1-12-3-4-14(9-15(12)18)20-16(23)13(10-19)11-21-5-7-22(8-6-21)17(24)25-2/h3-4,9,11H,5-8H2,1-2H3,(H,20,23)/b13-11-. The predicted octanol–water partition coefficient (Wildman–Crippen LogP) is 2.38. The van der Waals surface area contributed by atoms with Gasteiger partial charge in [0.25, 0.3) is 5.91 Å². The molecular formula is C17H19ClN4O3. The molecule has 0 aromatic heterocycles. The average Bonchev–Trinajstić information content (AvgIpc) is 2.62. The van der Waals surface area contributed by atoms with E-state index < -0.39 is 5.91 Å². The number of anilines is 1. The molecule has 1 aliphatic heterocycles. The first-order chi connectivity index (χ1) is 11.9. The highest BCUT2D eigenvalue weighted by atomic mass is 35.5. The first kappa shape index (κ1) is 18.6. The lowest BCUT2D eigenvalue weighted by atomic mass is 10.2. The van der Waals surface area contributed by atoms with Crippen molar-refractivity contribution in [3.05, 3.63) is 40.6 Å². The van der Waals surface area contributed by atoms with Crippen LogP contribution in [0.3, 0.4) is 0 Å². The number of ether oxygens (including phenoxy) is 1. The van der Waals surface area contributed by atoms with Crippen molar-refractivity contribution in [3.63, 3.8) is 0 Å². The SMILES string of the molecule is COC(=O)N1CCN(/C=C(/C#N)C(=O)Nc2ccc(C)c(Cl)c2)CC1. The second kappa shape index (κ2) is 8.40. The summed E-state index contributed by atoms with van der Waals surface area (Å²) in [5.74, 6) is -0.502. The number of hydrogen-bond donors (Lipinski definition) is 1. The molecule has 1 saturated heterocycles. The van der Waals surface area contributed by atoms with Gasteiger partial charge in [-0.15, -0.1) is 0 Å². The molecule has 0 aliphatic carbocycles. The van der Waals surface area contributed by atoms with E-state index in [1.54, 1.807) is 23.1 Å². The van der Waals surface area contributed by atoms with Gasteiger partial charge >= 0.3 is 6.09 Å². The highest BCUT2D eigenvalue weighted by Gasteiger charge is 2.21. The summed E-state index contributed by atoms with van der Waals surface area (Å²) in [5.41, 5.74) is 1.42. The van der Waals surface area contributed by atoms with E-state index in [2.05, 4.69) is 10.1 Å². The molecule has 8 heteroatoms. The summed E-state index contributed by atoms with van der Waals surface area (Å²) in [6, 6.07) is 7.06. The molecular weight excluding hydrogens is 344 g/mol. The summed E-state index contributed by atoms with van der Waals surface area (Å²) >= 11 is 6.04. The molecule has 1 aliphatic rings. The van der Waals surface area contributed by atoms with Gasteiger partial charge in [-0.2, -0.15) is 5.26 Å². The lowest BCUT2D eigenvalue weighted by Gasteiger charge is -2.33. The lowest BCUT2D eigenvalue weighted by molar-refractivity contribution is -0.112. The van der Waals surface area contributed by atoms with Crippen LogP contribution in [0.5, 0.6) is 0 Å². The largest absolute Gasteiger partial charge is 0.453 e. The van der Waals surface area contributed by atoms with E-state index >= 15 is 0 Å². The van der Waals surface area contributed by atoms with Gasteiger partial charge in [0.2, 0.25) is 0 Å². The topological polar surface area (TPSA) is 85.7 Å². The number of aryl methyl sites for hydroxylation is 1. The third-order valence-electron chi connectivity index (χ3n) is 3.85. The number of rotatable bonds is 3. The van der Waals surface area contributed by atoms with Crippen LogP contribution in [0, 0.1) is 18.3 Å². The molecule has 0 unspecified atom stereocenters. The highest BCUT2D eigenvalue weighted by molar-refractivity contribution is 6.31. The van der Waals surface area contributed by atoms with Gasteiger partial charge in [0, 0.05) is 43.1 Å². The minimum absolute atomic E-state index is 0.0109. The maximum absolute atomic E-state index is 12.3. The van der Waals surface area contributed by atoms with Gasteiger partial charge < -0.3 is 19.9 Å². The maximum atomic E-state index is 12.3. The molecule has 0 spiro atoms. The van der Waals surface area contributed by atoms with Crippen LogP contribution in [0.25, 0.3) is 0 Å². The highest BCUT2D eigenvalue weighted by Crippen LogP contribution is 2.20. The van der Waals surface area contributed by atoms with Crippen molar-refractivity contribution in [2.24, 2.45) is 0 Å². The number of nitrogens with zero attached hydrogens (tertiary/aromatic N) is 3. The monoisotopic (exact) mass is 362 g/mol. The molecule has 1 fully saturated rings. The Kier molecular flexibility index (Phi) is 6.25. The van der Waals surface area contributed by atoms with Crippen LogP contribution in [0.15, 0.2) is 30.0 Å². The number of carbonyl (C=O) groups is 2. The summed E-state index contributed by atoms with van der Waals surface area (Å²) in [7, 11) is 1.34. The van der Waals surface area contributed by atoms with Gasteiger partial charge in [0.15, 0.2) is 0 Å². The zero-order valence-electron chi connectivity index (χ0n) is 14.1. The number of methoxy groups -OCH3 is 1. The van der Waals surface area contributed by atoms with Crippen LogP contribution >= 0.6 is 11.6 Å². The second-order valence-corrected chi connectivity index (χ2v) is 5.97. The van der Waals surface area contributed by atoms with Crippen LogP contribution in [0.4, 0.5) is 10.5 Å². The molecule has 1 aromatic rings. The quantitative estimate of drug-likeness (QED) is 0.659. The van der Waals surface area contributed by atoms with Crippen molar-refractivity contribution in [2.45, 2.75) is 6.92 Å². The van der Waals surface area contributed by atoms with Gasteiger partial charge in [-0.05, 0) is 24.6 Å². The van der Waals surface area contributed by atoms with E-state index in [1.807, 2.05) is 17.9 Å². The smallest absolute Gasteiger partial charge is 0.409 e. The van der Waals surface area contributed by atoms with E-state index in [0.717, 1.165) is 5.56 Å². The first-order valence-corrected chi connectivity index (χ1v) is 8.08. The minimum atomic E-state index is -0.502. The fraction of sp³-hybridized carbons (Fsp3) is 0.353. The molecule has 0 saturated carbocycles. The number of halogens is 1. The van der Waals surface area contributed by atoms with Gasteiger partial charge in [-0.1, -0.05) is 17.7 Å². The molecule has 0 atom stereocenters. The van der Waals surface area contributed by atoms with Gasteiger partial charge in [-0.3, -0.25) is 4.79 Å². The van der Waals surface area contributed by atoms with Crippen LogP contribution in [0.2, 0.25) is 5.02 Å². The molecule has 1 aromatic carbocycles. The Bertz CT molecular complexity index is 734. The molecule has 2 rings (SSSR count). The van der Waals surface area contributed by atoms with E-state index in [1.165, 1.54) is 13.3 Å². The molecule has 1 heterocycles. The van der Waals surface area contributed by atoms with Gasteiger partial charge in [0.1, 0.15) is 11.6 Å². The van der Waals surface area contributed by atoms with Crippen molar-refractivity contribution in [1.82, 2.24) is 9.80 Å². The Hall–Kier alpha value is -2.72. The third-order valence-corrected chi connectivity index (χ3v) is 4.26. The summed E-state index contributed by atoms with van der Waals surface area (Å²) in [6.45, 7) is 3.84. The number of carbonyl (C=O) groups excluding carboxylic acids is 2. The predicted molar refractivity (Wildman–Crippen MR) is 94.1 cm³/mol. The summed E-state index contributed by atoms with van der Waals surface area (Å²) < 4.78 is 4.68. The lowest BCUT2D eigenvalue weighted by Crippen LogP contribution is -2.47. The summed E-state index contributed by atoms with van der Waals surface area (Å²) in [6.07, 6.45) is 1.14. The third kappa shape index (κ3) is 4.88. The molecule has 0 radical (unpaired) electrons. The molecule has 132 valence electrons. The van der Waals surface area contributed by atoms with Crippen molar-refractivity contribution >= 4 is 29.3 Å². The van der Waals surface area contributed by atoms with E-state index in [0.29, 0.717) is 36.9 Å². The van der Waals surface area contributed by atoms with Crippen LogP contribution < -0.4 is 5.32 Å². The maximum Gasteiger partial charge on any atom is 0.409 e.